The van der Waals surface area contributed by atoms with E-state index < -0.39 is 0 Å². The second-order valence-electron chi connectivity index (χ2n) is 5.09. The van der Waals surface area contributed by atoms with E-state index in [2.05, 4.69) is 15.8 Å². The summed E-state index contributed by atoms with van der Waals surface area (Å²) < 4.78 is 17.9. The topological polar surface area (TPSA) is 79.8 Å². The fourth-order valence-corrected chi connectivity index (χ4v) is 1.99. The summed E-state index contributed by atoms with van der Waals surface area (Å²) in [7, 11) is 1.55. The van der Waals surface area contributed by atoms with E-state index in [1.54, 1.807) is 19.2 Å². The lowest BCUT2D eigenvalue weighted by Crippen LogP contribution is -2.20. The first kappa shape index (κ1) is 18.1. The summed E-state index contributed by atoms with van der Waals surface area (Å²) in [4.78, 5) is 23.4. The van der Waals surface area contributed by atoms with Gasteiger partial charge in [0.1, 0.15) is 11.6 Å². The minimum absolute atomic E-state index is 0.00656. The molecule has 0 aliphatic heterocycles. The van der Waals surface area contributed by atoms with Crippen molar-refractivity contribution >= 4 is 23.7 Å². The lowest BCUT2D eigenvalue weighted by atomic mass is 10.2. The summed E-state index contributed by atoms with van der Waals surface area (Å²) in [6, 6.07) is 12.6. The van der Waals surface area contributed by atoms with E-state index in [4.69, 9.17) is 4.74 Å². The second kappa shape index (κ2) is 9.17. The molecular weight excluding hydrogens is 325 g/mol. The highest BCUT2D eigenvalue weighted by molar-refractivity contribution is 5.93. The predicted molar refractivity (Wildman–Crippen MR) is 93.0 cm³/mol. The van der Waals surface area contributed by atoms with Gasteiger partial charge < -0.3 is 10.1 Å². The number of amides is 2. The maximum atomic E-state index is 12.8. The average Bonchev–Trinajstić information content (AvgIpc) is 2.62. The molecule has 2 rings (SSSR count). The van der Waals surface area contributed by atoms with Crippen LogP contribution in [0.2, 0.25) is 0 Å². The van der Waals surface area contributed by atoms with Crippen molar-refractivity contribution in [2.45, 2.75) is 12.8 Å². The van der Waals surface area contributed by atoms with Crippen LogP contribution in [0.15, 0.2) is 53.6 Å². The number of halogens is 1. The number of para-hydroxylation sites is 1. The number of carbonyl (C=O) groups excluding carboxylic acids is 2. The molecule has 0 fully saturated rings. The van der Waals surface area contributed by atoms with E-state index in [0.717, 1.165) is 5.56 Å². The Balaban J connectivity index is 1.75. The highest BCUT2D eigenvalue weighted by atomic mass is 19.1. The zero-order valence-corrected chi connectivity index (χ0v) is 13.7. The molecule has 0 radical (unpaired) electrons. The third-order valence-corrected chi connectivity index (χ3v) is 3.24. The zero-order valence-electron chi connectivity index (χ0n) is 13.7. The molecule has 0 saturated heterocycles. The summed E-state index contributed by atoms with van der Waals surface area (Å²) in [6.07, 6.45) is 1.44. The van der Waals surface area contributed by atoms with Gasteiger partial charge in [0.15, 0.2) is 0 Å². The van der Waals surface area contributed by atoms with Gasteiger partial charge in [-0.15, -0.1) is 0 Å². The van der Waals surface area contributed by atoms with E-state index >= 15 is 0 Å². The molecule has 6 nitrogen and oxygen atoms in total. The van der Waals surface area contributed by atoms with Crippen molar-refractivity contribution in [3.05, 3.63) is 59.9 Å². The lowest BCUT2D eigenvalue weighted by Gasteiger charge is -2.05. The number of methoxy groups -OCH3 is 1. The van der Waals surface area contributed by atoms with E-state index in [0.29, 0.717) is 11.4 Å². The van der Waals surface area contributed by atoms with Gasteiger partial charge in [-0.25, -0.2) is 9.82 Å². The maximum Gasteiger partial charge on any atom is 0.240 e. The summed E-state index contributed by atoms with van der Waals surface area (Å²) in [5.41, 5.74) is 3.55. The normalized spacial score (nSPS) is 10.5. The van der Waals surface area contributed by atoms with Crippen molar-refractivity contribution in [1.29, 1.82) is 0 Å². The van der Waals surface area contributed by atoms with Crippen molar-refractivity contribution in [3.63, 3.8) is 0 Å². The van der Waals surface area contributed by atoms with Gasteiger partial charge in [0.2, 0.25) is 11.8 Å². The van der Waals surface area contributed by atoms with Crippen molar-refractivity contribution in [1.82, 2.24) is 5.43 Å². The van der Waals surface area contributed by atoms with Crippen molar-refractivity contribution in [2.75, 3.05) is 12.4 Å². The van der Waals surface area contributed by atoms with Crippen LogP contribution in [0.1, 0.15) is 18.4 Å². The van der Waals surface area contributed by atoms with Gasteiger partial charge >= 0.3 is 0 Å². The Hall–Kier alpha value is -3.22. The van der Waals surface area contributed by atoms with Crippen LogP contribution in [-0.4, -0.2) is 25.1 Å². The first-order valence-electron chi connectivity index (χ1n) is 7.59. The molecule has 25 heavy (non-hydrogen) atoms. The summed E-state index contributed by atoms with van der Waals surface area (Å²) in [5.74, 6) is -0.472. The molecule has 2 N–H and O–H groups in total. The summed E-state index contributed by atoms with van der Waals surface area (Å²) in [6.45, 7) is 0. The summed E-state index contributed by atoms with van der Waals surface area (Å²) >= 11 is 0. The van der Waals surface area contributed by atoms with E-state index in [9.17, 15) is 14.0 Å². The lowest BCUT2D eigenvalue weighted by molar-refractivity contribution is -0.124. The average molecular weight is 343 g/mol. The van der Waals surface area contributed by atoms with Gasteiger partial charge in [0.25, 0.3) is 0 Å². The van der Waals surface area contributed by atoms with E-state index in [-0.39, 0.29) is 30.5 Å². The number of nitrogens with one attached hydrogen (secondary N) is 2. The van der Waals surface area contributed by atoms with Crippen LogP contribution in [0.25, 0.3) is 0 Å². The van der Waals surface area contributed by atoms with Crippen molar-refractivity contribution in [3.8, 4) is 5.75 Å². The molecule has 0 atom stereocenters. The molecule has 0 bridgehead atoms. The Morgan fingerprint density at radius 2 is 1.76 bits per heavy atom. The number of hydrazone groups is 1. The molecule has 0 unspecified atom stereocenters. The molecule has 7 heteroatoms. The Labute approximate surface area is 144 Å². The number of rotatable bonds is 7. The number of hydrogen-bond acceptors (Lipinski definition) is 4. The molecule has 130 valence electrons. The van der Waals surface area contributed by atoms with Gasteiger partial charge in [-0.3, -0.25) is 9.59 Å². The zero-order chi connectivity index (χ0) is 18.1. The van der Waals surface area contributed by atoms with Gasteiger partial charge in [0, 0.05) is 24.1 Å². The van der Waals surface area contributed by atoms with E-state index in [1.807, 2.05) is 12.1 Å². The fraction of sp³-hybridized carbons (Fsp3) is 0.167. The Kier molecular flexibility index (Phi) is 6.65. The number of benzene rings is 2. The SMILES string of the molecule is COc1ccccc1C=NNC(=O)CCC(=O)Nc1ccc(F)cc1. The Bertz CT molecular complexity index is 760. The molecule has 0 spiro atoms. The van der Waals surface area contributed by atoms with Gasteiger partial charge in [-0.05, 0) is 36.4 Å². The second-order valence-corrected chi connectivity index (χ2v) is 5.09. The smallest absolute Gasteiger partial charge is 0.240 e. The van der Waals surface area contributed by atoms with Crippen molar-refractivity contribution in [2.24, 2.45) is 5.10 Å². The molecule has 0 saturated carbocycles. The van der Waals surface area contributed by atoms with Crippen LogP contribution in [0.4, 0.5) is 10.1 Å². The van der Waals surface area contributed by atoms with Crippen molar-refractivity contribution < 1.29 is 18.7 Å². The van der Waals surface area contributed by atoms with Crippen LogP contribution in [0.5, 0.6) is 5.75 Å². The fourth-order valence-electron chi connectivity index (χ4n) is 1.99. The first-order chi connectivity index (χ1) is 12.1. The molecule has 0 aliphatic rings. The molecule has 2 aromatic rings. The van der Waals surface area contributed by atoms with Crippen LogP contribution in [0, 0.1) is 5.82 Å². The van der Waals surface area contributed by atoms with Gasteiger partial charge in [-0.2, -0.15) is 5.10 Å². The largest absolute Gasteiger partial charge is 0.496 e. The Morgan fingerprint density at radius 1 is 1.08 bits per heavy atom. The van der Waals surface area contributed by atoms with Crippen LogP contribution >= 0.6 is 0 Å². The number of carbonyl (C=O) groups is 2. The highest BCUT2D eigenvalue weighted by Crippen LogP contribution is 2.14. The predicted octanol–water partition coefficient (Wildman–Crippen LogP) is 2.70. The molecular formula is C18H18FN3O3. The molecule has 2 amide bonds. The van der Waals surface area contributed by atoms with Crippen LogP contribution < -0.4 is 15.5 Å². The molecule has 2 aromatic carbocycles. The van der Waals surface area contributed by atoms with Gasteiger partial charge in [0.05, 0.1) is 13.3 Å². The number of hydrogen-bond donors (Lipinski definition) is 2. The summed E-state index contributed by atoms with van der Waals surface area (Å²) in [5, 5.41) is 6.42. The number of nitrogens with zero attached hydrogens (tertiary/aromatic N) is 1. The molecule has 0 aromatic heterocycles. The third-order valence-electron chi connectivity index (χ3n) is 3.24. The number of anilines is 1. The first-order valence-corrected chi connectivity index (χ1v) is 7.59. The van der Waals surface area contributed by atoms with Crippen LogP contribution in [0.3, 0.4) is 0 Å². The monoisotopic (exact) mass is 343 g/mol. The molecule has 0 aliphatic carbocycles. The molecule has 0 heterocycles. The Morgan fingerprint density at radius 3 is 2.48 bits per heavy atom. The minimum atomic E-state index is -0.389. The maximum absolute atomic E-state index is 12.8. The highest BCUT2D eigenvalue weighted by Gasteiger charge is 2.07. The number of ether oxygens (including phenoxy) is 1. The van der Waals surface area contributed by atoms with Crippen LogP contribution in [-0.2, 0) is 9.59 Å². The standard InChI is InChI=1S/C18H18FN3O3/c1-25-16-5-3-2-4-13(16)12-20-22-18(24)11-10-17(23)21-15-8-6-14(19)7-9-15/h2-9,12H,10-11H2,1H3,(H,21,23)(H,22,24). The van der Waals surface area contributed by atoms with Gasteiger partial charge in [-0.1, -0.05) is 12.1 Å². The quantitative estimate of drug-likeness (QED) is 0.599. The minimum Gasteiger partial charge on any atom is -0.496 e. The third kappa shape index (κ3) is 6.06. The van der Waals surface area contributed by atoms with E-state index in [1.165, 1.54) is 30.5 Å².